The minimum Gasteiger partial charge on any atom is -0.497 e. The first-order chi connectivity index (χ1) is 12.5. The van der Waals surface area contributed by atoms with Crippen LogP contribution in [0.4, 0.5) is 0 Å². The zero-order valence-corrected chi connectivity index (χ0v) is 15.4. The Labute approximate surface area is 159 Å². The third kappa shape index (κ3) is 3.81. The lowest BCUT2D eigenvalue weighted by Crippen LogP contribution is -2.10. The van der Waals surface area contributed by atoms with Crippen LogP contribution >= 0.6 is 23.2 Å². The van der Waals surface area contributed by atoms with Crippen molar-refractivity contribution in [3.63, 3.8) is 0 Å². The Morgan fingerprint density at radius 2 is 1.73 bits per heavy atom. The van der Waals surface area contributed by atoms with E-state index in [2.05, 4.69) is 10.2 Å². The van der Waals surface area contributed by atoms with Gasteiger partial charge in [0.15, 0.2) is 6.10 Å². The van der Waals surface area contributed by atoms with Crippen molar-refractivity contribution in [2.45, 2.75) is 13.0 Å². The van der Waals surface area contributed by atoms with Crippen LogP contribution in [-0.4, -0.2) is 23.3 Å². The van der Waals surface area contributed by atoms with Gasteiger partial charge in [-0.05, 0) is 43.3 Å². The quantitative estimate of drug-likeness (QED) is 0.570. The molecule has 3 aromatic rings. The first-order valence-electron chi connectivity index (χ1n) is 7.62. The summed E-state index contributed by atoms with van der Waals surface area (Å²) in [5, 5.41) is 8.33. The van der Waals surface area contributed by atoms with E-state index in [0.717, 1.165) is 5.56 Å². The lowest BCUT2D eigenvalue weighted by atomic mass is 10.2. The zero-order chi connectivity index (χ0) is 18.7. The van der Waals surface area contributed by atoms with Crippen LogP contribution in [0.3, 0.4) is 0 Å². The van der Waals surface area contributed by atoms with Gasteiger partial charge in [-0.1, -0.05) is 29.3 Å². The summed E-state index contributed by atoms with van der Waals surface area (Å²) in [5.74, 6) is 0.512. The van der Waals surface area contributed by atoms with E-state index < -0.39 is 12.1 Å². The number of carbonyl (C=O) groups excluding carboxylic acids is 1. The Morgan fingerprint density at radius 1 is 1.08 bits per heavy atom. The van der Waals surface area contributed by atoms with Crippen LogP contribution in [0, 0.1) is 0 Å². The maximum atomic E-state index is 12.3. The van der Waals surface area contributed by atoms with E-state index in [0.29, 0.717) is 11.6 Å². The van der Waals surface area contributed by atoms with Crippen LogP contribution in [0.15, 0.2) is 46.9 Å². The van der Waals surface area contributed by atoms with E-state index >= 15 is 0 Å². The number of hydrogen-bond acceptors (Lipinski definition) is 6. The Kier molecular flexibility index (Phi) is 5.44. The second-order valence-electron chi connectivity index (χ2n) is 5.32. The van der Waals surface area contributed by atoms with Gasteiger partial charge in [0.05, 0.1) is 22.7 Å². The van der Waals surface area contributed by atoms with Gasteiger partial charge in [-0.25, -0.2) is 4.79 Å². The van der Waals surface area contributed by atoms with Gasteiger partial charge in [-0.2, -0.15) is 0 Å². The normalized spacial score (nSPS) is 11.8. The molecule has 0 aliphatic rings. The molecule has 1 aromatic heterocycles. The van der Waals surface area contributed by atoms with Crippen LogP contribution in [0.25, 0.3) is 11.5 Å². The van der Waals surface area contributed by atoms with Crippen molar-refractivity contribution < 1.29 is 18.7 Å². The molecule has 0 N–H and O–H groups in total. The Bertz CT molecular complexity index is 905. The van der Waals surface area contributed by atoms with Crippen molar-refractivity contribution in [2.24, 2.45) is 0 Å². The van der Waals surface area contributed by atoms with Gasteiger partial charge in [0.2, 0.25) is 5.89 Å². The largest absolute Gasteiger partial charge is 0.497 e. The molecule has 6 nitrogen and oxygen atoms in total. The number of rotatable bonds is 5. The summed E-state index contributed by atoms with van der Waals surface area (Å²) in [6.07, 6.45) is -0.769. The SMILES string of the molecule is COc1ccc(-c2nnc([C@@H](C)OC(=O)c3c(Cl)cccc3Cl)o2)cc1. The first kappa shape index (κ1) is 18.2. The summed E-state index contributed by atoms with van der Waals surface area (Å²) in [6.45, 7) is 1.62. The number of carbonyl (C=O) groups is 1. The van der Waals surface area contributed by atoms with Crippen molar-refractivity contribution in [1.29, 1.82) is 0 Å². The van der Waals surface area contributed by atoms with Crippen LogP contribution in [0.5, 0.6) is 5.75 Å². The molecule has 0 saturated heterocycles. The fourth-order valence-corrected chi connectivity index (χ4v) is 2.76. The standard InChI is InChI=1S/C18H14Cl2N2O4/c1-10(25-18(23)15-13(19)4-3-5-14(15)20)16-21-22-17(26-16)11-6-8-12(24-2)9-7-11/h3-10H,1-2H3/t10-/m1/s1. The maximum Gasteiger partial charge on any atom is 0.341 e. The van der Waals surface area contributed by atoms with Crippen LogP contribution < -0.4 is 4.74 Å². The molecule has 0 radical (unpaired) electrons. The molecule has 1 atom stereocenters. The molecule has 0 aliphatic heterocycles. The summed E-state index contributed by atoms with van der Waals surface area (Å²) < 4.78 is 16.0. The van der Waals surface area contributed by atoms with Gasteiger partial charge in [0.1, 0.15) is 5.75 Å². The Morgan fingerprint density at radius 3 is 2.35 bits per heavy atom. The molecule has 0 unspecified atom stereocenters. The summed E-state index contributed by atoms with van der Waals surface area (Å²) in [7, 11) is 1.58. The first-order valence-corrected chi connectivity index (χ1v) is 8.38. The number of methoxy groups -OCH3 is 1. The number of benzene rings is 2. The van der Waals surface area contributed by atoms with Crippen molar-refractivity contribution in [3.05, 3.63) is 64.0 Å². The molecule has 0 aliphatic carbocycles. The minimum absolute atomic E-state index is 0.0950. The highest BCUT2D eigenvalue weighted by Gasteiger charge is 2.23. The number of ether oxygens (including phenoxy) is 2. The molecular formula is C18H14Cl2N2O4. The van der Waals surface area contributed by atoms with Gasteiger partial charge in [0, 0.05) is 5.56 Å². The van der Waals surface area contributed by atoms with Gasteiger partial charge >= 0.3 is 5.97 Å². The average Bonchev–Trinajstić information content (AvgIpc) is 3.12. The number of halogens is 2. The topological polar surface area (TPSA) is 74.5 Å². The van der Waals surface area contributed by atoms with Gasteiger partial charge in [-0.15, -0.1) is 10.2 Å². The van der Waals surface area contributed by atoms with Gasteiger partial charge < -0.3 is 13.9 Å². The minimum atomic E-state index is -0.769. The second-order valence-corrected chi connectivity index (χ2v) is 6.13. The van der Waals surface area contributed by atoms with E-state index in [1.807, 2.05) is 0 Å². The highest BCUT2D eigenvalue weighted by Crippen LogP contribution is 2.28. The Balaban J connectivity index is 1.75. The number of aromatic nitrogens is 2. The molecule has 0 amide bonds. The molecule has 8 heteroatoms. The molecule has 0 bridgehead atoms. The molecule has 26 heavy (non-hydrogen) atoms. The Hall–Kier alpha value is -2.57. The highest BCUT2D eigenvalue weighted by molar-refractivity contribution is 6.39. The van der Waals surface area contributed by atoms with Crippen molar-refractivity contribution in [3.8, 4) is 17.2 Å². The van der Waals surface area contributed by atoms with Gasteiger partial charge in [0.25, 0.3) is 5.89 Å². The van der Waals surface area contributed by atoms with Gasteiger partial charge in [-0.3, -0.25) is 0 Å². The van der Waals surface area contributed by atoms with Crippen LogP contribution in [-0.2, 0) is 4.74 Å². The third-order valence-corrected chi connectivity index (χ3v) is 4.21. The number of esters is 1. The van der Waals surface area contributed by atoms with E-state index in [4.69, 9.17) is 37.1 Å². The van der Waals surface area contributed by atoms with E-state index in [-0.39, 0.29) is 21.5 Å². The van der Waals surface area contributed by atoms with Crippen molar-refractivity contribution >= 4 is 29.2 Å². The predicted molar refractivity (Wildman–Crippen MR) is 96.6 cm³/mol. The molecular weight excluding hydrogens is 379 g/mol. The number of nitrogens with zero attached hydrogens (tertiary/aromatic N) is 2. The third-order valence-electron chi connectivity index (χ3n) is 3.58. The molecule has 134 valence electrons. The predicted octanol–water partition coefficient (Wildman–Crippen LogP) is 4.97. The lowest BCUT2D eigenvalue weighted by molar-refractivity contribution is 0.0280. The summed E-state index contributed by atoms with van der Waals surface area (Å²) in [5.41, 5.74) is 0.815. The zero-order valence-electron chi connectivity index (χ0n) is 13.9. The molecule has 1 heterocycles. The maximum absolute atomic E-state index is 12.3. The second kappa shape index (κ2) is 7.76. The van der Waals surface area contributed by atoms with Crippen molar-refractivity contribution in [1.82, 2.24) is 10.2 Å². The monoisotopic (exact) mass is 392 g/mol. The average molecular weight is 393 g/mol. The number of hydrogen-bond donors (Lipinski definition) is 0. The fourth-order valence-electron chi connectivity index (χ4n) is 2.21. The van der Waals surface area contributed by atoms with Crippen LogP contribution in [0.2, 0.25) is 10.0 Å². The summed E-state index contributed by atoms with van der Waals surface area (Å²) >= 11 is 12.0. The smallest absolute Gasteiger partial charge is 0.341 e. The molecule has 0 saturated carbocycles. The van der Waals surface area contributed by atoms with E-state index in [1.165, 1.54) is 0 Å². The molecule has 3 rings (SSSR count). The van der Waals surface area contributed by atoms with Crippen LogP contribution in [0.1, 0.15) is 29.3 Å². The lowest BCUT2D eigenvalue weighted by Gasteiger charge is -2.11. The molecule has 2 aromatic carbocycles. The highest BCUT2D eigenvalue weighted by atomic mass is 35.5. The molecule has 0 spiro atoms. The summed E-state index contributed by atoms with van der Waals surface area (Å²) in [6, 6.07) is 11.9. The fraction of sp³-hybridized carbons (Fsp3) is 0.167. The van der Waals surface area contributed by atoms with E-state index in [1.54, 1.807) is 56.5 Å². The summed E-state index contributed by atoms with van der Waals surface area (Å²) in [4.78, 5) is 12.3. The van der Waals surface area contributed by atoms with Crippen molar-refractivity contribution in [2.75, 3.05) is 7.11 Å². The van der Waals surface area contributed by atoms with E-state index in [9.17, 15) is 4.79 Å². The molecule has 0 fully saturated rings.